The number of hydrogen-bond acceptors (Lipinski definition) is 6. The molecule has 0 spiro atoms. The second kappa shape index (κ2) is 8.89. The van der Waals surface area contributed by atoms with Crippen molar-refractivity contribution in [3.63, 3.8) is 0 Å². The van der Waals surface area contributed by atoms with Crippen LogP contribution >= 0.6 is 0 Å². The molecule has 1 saturated heterocycles. The number of carbonyl (C=O) groups is 4. The number of ketones is 1. The molecule has 33 heavy (non-hydrogen) atoms. The highest BCUT2D eigenvalue weighted by Crippen LogP contribution is 2.39. The Kier molecular flexibility index (Phi) is 5.99. The number of rotatable bonds is 6. The normalized spacial score (nSPS) is 19.8. The molecule has 0 bridgehead atoms. The van der Waals surface area contributed by atoms with E-state index in [1.54, 1.807) is 0 Å². The van der Waals surface area contributed by atoms with Gasteiger partial charge in [-0.2, -0.15) is 5.01 Å². The van der Waals surface area contributed by atoms with Gasteiger partial charge in [0.05, 0.1) is 16.8 Å². The summed E-state index contributed by atoms with van der Waals surface area (Å²) in [5, 5.41) is 12.6. The molecule has 0 radical (unpaired) electrons. The first-order chi connectivity index (χ1) is 15.8. The summed E-state index contributed by atoms with van der Waals surface area (Å²) in [5.41, 5.74) is -0.408. The van der Waals surface area contributed by atoms with Crippen molar-refractivity contribution in [2.24, 2.45) is 11.8 Å². The number of halogens is 1. The van der Waals surface area contributed by atoms with E-state index in [1.165, 1.54) is 30.3 Å². The van der Waals surface area contributed by atoms with Gasteiger partial charge in [0.1, 0.15) is 12.4 Å². The minimum absolute atomic E-state index is 0.0877. The third kappa shape index (κ3) is 4.23. The van der Waals surface area contributed by atoms with Gasteiger partial charge < -0.3 is 0 Å². The maximum Gasteiger partial charge on any atom is 0.273 e. The number of nitrogens with zero attached hydrogens (tertiary/aromatic N) is 3. The lowest BCUT2D eigenvalue weighted by atomic mass is 9.81. The first-order valence-corrected chi connectivity index (χ1v) is 10.5. The molecule has 2 fully saturated rings. The van der Waals surface area contributed by atoms with Crippen molar-refractivity contribution in [1.82, 2.24) is 10.0 Å². The predicted molar refractivity (Wildman–Crippen MR) is 112 cm³/mol. The topological polar surface area (TPSA) is 118 Å². The highest BCUT2D eigenvalue weighted by molar-refractivity contribution is 6.09. The Labute approximate surface area is 187 Å². The zero-order valence-electron chi connectivity index (χ0n) is 17.5. The van der Waals surface area contributed by atoms with E-state index < -0.39 is 52.6 Å². The lowest BCUT2D eigenvalue weighted by Crippen LogP contribution is -2.52. The van der Waals surface area contributed by atoms with Crippen LogP contribution in [0.3, 0.4) is 0 Å². The third-order valence-corrected chi connectivity index (χ3v) is 6.06. The Morgan fingerprint density at radius 3 is 2.18 bits per heavy atom. The van der Waals surface area contributed by atoms with Crippen LogP contribution in [-0.2, 0) is 9.59 Å². The summed E-state index contributed by atoms with van der Waals surface area (Å²) in [4.78, 5) is 62.9. The Morgan fingerprint density at radius 1 is 1.00 bits per heavy atom. The molecule has 2 atom stereocenters. The van der Waals surface area contributed by atoms with Crippen LogP contribution < -0.4 is 0 Å². The maximum atomic E-state index is 13.4. The Morgan fingerprint density at radius 2 is 1.61 bits per heavy atom. The number of amides is 3. The average molecular weight is 453 g/mol. The van der Waals surface area contributed by atoms with Gasteiger partial charge in [-0.05, 0) is 43.2 Å². The molecule has 2 aromatic carbocycles. The fourth-order valence-electron chi connectivity index (χ4n) is 4.38. The fourth-order valence-corrected chi connectivity index (χ4v) is 4.38. The number of imide groups is 1. The summed E-state index contributed by atoms with van der Waals surface area (Å²) < 4.78 is 13.3. The standard InChI is InChI=1S/C23H20FN3O6/c24-16-10-8-14(9-11-16)20(28)13-25(21(29)15-4-3-5-17(12-15)27(32)33)26-22(30)18-6-1-2-7-19(18)23(26)31/h3-5,8-12,18-19H,1-2,6-7,13H2/t18-,19-/m0/s1. The van der Waals surface area contributed by atoms with E-state index in [-0.39, 0.29) is 16.8 Å². The van der Waals surface area contributed by atoms with Gasteiger partial charge in [-0.15, -0.1) is 0 Å². The van der Waals surface area contributed by atoms with Gasteiger partial charge in [-0.25, -0.2) is 9.40 Å². The first-order valence-electron chi connectivity index (χ1n) is 10.5. The van der Waals surface area contributed by atoms with Gasteiger partial charge in [0.25, 0.3) is 23.4 Å². The summed E-state index contributed by atoms with van der Waals surface area (Å²) >= 11 is 0. The van der Waals surface area contributed by atoms with Crippen LogP contribution in [0.2, 0.25) is 0 Å². The summed E-state index contributed by atoms with van der Waals surface area (Å²) in [6.45, 7) is -0.663. The zero-order valence-corrected chi connectivity index (χ0v) is 17.5. The Balaban J connectivity index is 1.71. The van der Waals surface area contributed by atoms with E-state index in [2.05, 4.69) is 0 Å². The van der Waals surface area contributed by atoms with Crippen molar-refractivity contribution in [2.75, 3.05) is 6.54 Å². The van der Waals surface area contributed by atoms with E-state index in [1.807, 2.05) is 0 Å². The molecule has 3 amide bonds. The second-order valence-electron chi connectivity index (χ2n) is 8.09. The van der Waals surface area contributed by atoms with E-state index in [4.69, 9.17) is 0 Å². The number of hydrogen-bond donors (Lipinski definition) is 0. The fraction of sp³-hybridized carbons (Fsp3) is 0.304. The van der Waals surface area contributed by atoms with Crippen LogP contribution in [0.5, 0.6) is 0 Å². The van der Waals surface area contributed by atoms with E-state index >= 15 is 0 Å². The van der Waals surface area contributed by atoms with Crippen LogP contribution in [0.4, 0.5) is 10.1 Å². The largest absolute Gasteiger partial charge is 0.292 e. The summed E-state index contributed by atoms with van der Waals surface area (Å²) in [6, 6.07) is 9.48. The monoisotopic (exact) mass is 453 g/mol. The molecule has 2 aromatic rings. The first kappa shape index (κ1) is 22.3. The van der Waals surface area contributed by atoms with Gasteiger partial charge >= 0.3 is 0 Å². The Bertz CT molecular complexity index is 1130. The number of non-ortho nitro benzene ring substituents is 1. The van der Waals surface area contributed by atoms with Crippen LogP contribution in [0.25, 0.3) is 0 Å². The minimum atomic E-state index is -0.894. The molecular weight excluding hydrogens is 433 g/mol. The van der Waals surface area contributed by atoms with Crippen molar-refractivity contribution in [1.29, 1.82) is 0 Å². The van der Waals surface area contributed by atoms with Gasteiger partial charge in [-0.3, -0.25) is 29.3 Å². The number of carbonyl (C=O) groups excluding carboxylic acids is 4. The molecule has 10 heteroatoms. The Hall–Kier alpha value is -3.95. The lowest BCUT2D eigenvalue weighted by molar-refractivity contribution is -0.384. The maximum absolute atomic E-state index is 13.4. The van der Waals surface area contributed by atoms with E-state index in [0.29, 0.717) is 12.8 Å². The van der Waals surface area contributed by atoms with Crippen molar-refractivity contribution in [2.45, 2.75) is 25.7 Å². The number of hydrazine groups is 1. The van der Waals surface area contributed by atoms with E-state index in [9.17, 15) is 33.7 Å². The lowest BCUT2D eigenvalue weighted by Gasteiger charge is -2.30. The molecule has 9 nitrogen and oxygen atoms in total. The summed E-state index contributed by atoms with van der Waals surface area (Å²) in [7, 11) is 0. The second-order valence-corrected chi connectivity index (χ2v) is 8.09. The smallest absolute Gasteiger partial charge is 0.273 e. The zero-order chi connectivity index (χ0) is 23.7. The molecule has 1 saturated carbocycles. The van der Waals surface area contributed by atoms with Crippen molar-refractivity contribution in [3.05, 3.63) is 75.6 Å². The molecule has 1 aliphatic carbocycles. The summed E-state index contributed by atoms with van der Waals surface area (Å²) in [6.07, 6.45) is 2.58. The van der Waals surface area contributed by atoms with Gasteiger partial charge in [0.15, 0.2) is 5.78 Å². The SMILES string of the molecule is O=C(CN(C(=O)c1cccc([N+](=O)[O-])c1)N1C(=O)[C@H]2CCCC[C@@H]2C1=O)c1ccc(F)cc1. The van der Waals surface area contributed by atoms with Gasteiger partial charge in [-0.1, -0.05) is 18.9 Å². The van der Waals surface area contributed by atoms with Gasteiger partial charge in [0.2, 0.25) is 0 Å². The number of nitro benzene ring substituents is 1. The van der Waals surface area contributed by atoms with Gasteiger partial charge in [0, 0.05) is 23.3 Å². The molecule has 0 unspecified atom stereocenters. The van der Waals surface area contributed by atoms with Crippen molar-refractivity contribution in [3.8, 4) is 0 Å². The van der Waals surface area contributed by atoms with Crippen molar-refractivity contribution >= 4 is 29.2 Å². The van der Waals surface area contributed by atoms with E-state index in [0.717, 1.165) is 41.1 Å². The molecule has 1 aliphatic heterocycles. The molecule has 170 valence electrons. The molecule has 4 rings (SSSR count). The minimum Gasteiger partial charge on any atom is -0.292 e. The highest BCUT2D eigenvalue weighted by Gasteiger charge is 2.51. The third-order valence-electron chi connectivity index (χ3n) is 6.06. The number of Topliss-reactive ketones (excluding diaryl/α,β-unsaturated/α-hetero) is 1. The summed E-state index contributed by atoms with van der Waals surface area (Å²) in [5.74, 6) is -4.31. The van der Waals surface area contributed by atoms with Crippen LogP contribution in [-0.4, -0.2) is 45.0 Å². The highest BCUT2D eigenvalue weighted by atomic mass is 19.1. The molecule has 1 heterocycles. The van der Waals surface area contributed by atoms with Crippen LogP contribution in [0.1, 0.15) is 46.4 Å². The van der Waals surface area contributed by atoms with Crippen LogP contribution in [0.15, 0.2) is 48.5 Å². The average Bonchev–Trinajstić information content (AvgIpc) is 3.07. The molecule has 0 aromatic heterocycles. The number of nitro groups is 1. The molecule has 0 N–H and O–H groups in total. The number of benzene rings is 2. The number of fused-ring (bicyclic) bond motifs is 1. The van der Waals surface area contributed by atoms with Crippen LogP contribution in [0, 0.1) is 27.8 Å². The predicted octanol–water partition coefficient (Wildman–Crippen LogP) is 3.15. The quantitative estimate of drug-likeness (QED) is 0.287. The molecular formula is C23H20FN3O6. The molecule has 2 aliphatic rings. The van der Waals surface area contributed by atoms with Crippen molar-refractivity contribution < 1.29 is 28.5 Å².